The second-order valence-corrected chi connectivity index (χ2v) is 8.02. The van der Waals surface area contributed by atoms with E-state index in [2.05, 4.69) is 10.1 Å². The molecule has 2 amide bonds. The smallest absolute Gasteiger partial charge is 0.407 e. The molecule has 0 aromatic carbocycles. The van der Waals surface area contributed by atoms with E-state index >= 15 is 0 Å². The van der Waals surface area contributed by atoms with Crippen LogP contribution in [0.1, 0.15) is 33.1 Å². The number of carbonyl (C=O) groups excluding carboxylic acids is 3. The van der Waals surface area contributed by atoms with Crippen LogP contribution in [0.15, 0.2) is 23.8 Å². The van der Waals surface area contributed by atoms with Gasteiger partial charge in [-0.2, -0.15) is 0 Å². The highest BCUT2D eigenvalue weighted by atomic mass is 16.7. The Kier molecular flexibility index (Phi) is 7.14. The molecule has 1 spiro atoms. The summed E-state index contributed by atoms with van der Waals surface area (Å²) in [4.78, 5) is 39.4. The summed E-state index contributed by atoms with van der Waals surface area (Å²) in [7, 11) is 1.23. The van der Waals surface area contributed by atoms with E-state index in [1.165, 1.54) is 12.0 Å². The normalized spacial score (nSPS) is 23.4. The summed E-state index contributed by atoms with van der Waals surface area (Å²) in [6, 6.07) is -1.71. The van der Waals surface area contributed by atoms with Crippen molar-refractivity contribution in [3.63, 3.8) is 0 Å². The van der Waals surface area contributed by atoms with E-state index in [0.717, 1.165) is 18.4 Å². The Balaban J connectivity index is 1.75. The summed E-state index contributed by atoms with van der Waals surface area (Å²) in [6.07, 6.45) is 7.38. The first kappa shape index (κ1) is 22.3. The number of nitrogens with zero attached hydrogens (tertiary/aromatic N) is 1. The number of carbonyl (C=O) groups is 3. The number of hydrogen-bond acceptors (Lipinski definition) is 7. The highest BCUT2D eigenvalue weighted by Crippen LogP contribution is 2.36. The fraction of sp³-hybridized carbons (Fsp3) is 0.667. The third-order valence-corrected chi connectivity index (χ3v) is 5.50. The molecule has 2 fully saturated rings. The van der Waals surface area contributed by atoms with Crippen molar-refractivity contribution < 1.29 is 33.3 Å². The van der Waals surface area contributed by atoms with Gasteiger partial charge in [0.15, 0.2) is 5.79 Å². The molecular weight excluding hydrogens is 392 g/mol. The maximum absolute atomic E-state index is 13.3. The molecule has 0 unspecified atom stereocenters. The van der Waals surface area contributed by atoms with E-state index in [1.807, 2.05) is 32.1 Å². The number of esters is 1. The molecule has 2 atom stereocenters. The van der Waals surface area contributed by atoms with Gasteiger partial charge in [-0.05, 0) is 24.3 Å². The van der Waals surface area contributed by atoms with Gasteiger partial charge in [0.2, 0.25) is 5.91 Å². The molecule has 2 aliphatic heterocycles. The SMILES string of the molecule is COC(=O)N[C@H](C(=O)N1CC2(C[C@H]1C(=O)OCC1=CCCC=C1)OCCO2)C(C)C. The van der Waals surface area contributed by atoms with E-state index in [-0.39, 0.29) is 25.5 Å². The summed E-state index contributed by atoms with van der Waals surface area (Å²) in [5, 5.41) is 2.56. The minimum Gasteiger partial charge on any atom is -0.459 e. The number of hydrogen-bond donors (Lipinski definition) is 1. The molecule has 0 aromatic rings. The number of ether oxygens (including phenoxy) is 4. The Morgan fingerprint density at radius 2 is 2.00 bits per heavy atom. The lowest BCUT2D eigenvalue weighted by Crippen LogP contribution is -2.54. The van der Waals surface area contributed by atoms with Crippen molar-refractivity contribution in [3.05, 3.63) is 23.8 Å². The zero-order valence-electron chi connectivity index (χ0n) is 17.7. The van der Waals surface area contributed by atoms with Gasteiger partial charge < -0.3 is 29.2 Å². The van der Waals surface area contributed by atoms with Crippen LogP contribution in [0.2, 0.25) is 0 Å². The van der Waals surface area contributed by atoms with E-state index in [1.54, 1.807) is 0 Å². The average Bonchev–Trinajstić information content (AvgIpc) is 3.37. The molecule has 0 bridgehead atoms. The summed E-state index contributed by atoms with van der Waals surface area (Å²) in [5.41, 5.74) is 0.931. The van der Waals surface area contributed by atoms with Gasteiger partial charge in [-0.25, -0.2) is 9.59 Å². The van der Waals surface area contributed by atoms with Crippen LogP contribution in [0.25, 0.3) is 0 Å². The van der Waals surface area contributed by atoms with Crippen molar-refractivity contribution in [2.75, 3.05) is 33.5 Å². The number of nitrogens with one attached hydrogen (secondary N) is 1. The maximum atomic E-state index is 13.3. The molecule has 9 nitrogen and oxygen atoms in total. The Hall–Kier alpha value is -2.39. The number of likely N-dealkylation sites (tertiary alicyclic amines) is 1. The van der Waals surface area contributed by atoms with Crippen LogP contribution < -0.4 is 5.32 Å². The minimum absolute atomic E-state index is 0.0975. The second kappa shape index (κ2) is 9.61. The third kappa shape index (κ3) is 5.02. The topological polar surface area (TPSA) is 103 Å². The molecule has 0 radical (unpaired) electrons. The van der Waals surface area contributed by atoms with Crippen LogP contribution >= 0.6 is 0 Å². The van der Waals surface area contributed by atoms with E-state index in [9.17, 15) is 14.4 Å². The number of rotatable bonds is 6. The van der Waals surface area contributed by atoms with Crippen molar-refractivity contribution in [1.29, 1.82) is 0 Å². The fourth-order valence-electron chi connectivity index (χ4n) is 3.89. The molecule has 9 heteroatoms. The van der Waals surface area contributed by atoms with Crippen LogP contribution in [0.5, 0.6) is 0 Å². The van der Waals surface area contributed by atoms with Gasteiger partial charge in [-0.3, -0.25) is 4.79 Å². The molecule has 3 rings (SSSR count). The summed E-state index contributed by atoms with van der Waals surface area (Å²) < 4.78 is 21.6. The van der Waals surface area contributed by atoms with Crippen LogP contribution in [-0.2, 0) is 28.5 Å². The second-order valence-electron chi connectivity index (χ2n) is 8.02. The van der Waals surface area contributed by atoms with Crippen LogP contribution in [0.3, 0.4) is 0 Å². The van der Waals surface area contributed by atoms with E-state index in [0.29, 0.717) is 13.2 Å². The molecule has 2 saturated heterocycles. The lowest BCUT2D eigenvalue weighted by Gasteiger charge is -2.30. The van der Waals surface area contributed by atoms with Gasteiger partial charge in [-0.1, -0.05) is 32.1 Å². The Morgan fingerprint density at radius 1 is 1.27 bits per heavy atom. The molecule has 2 heterocycles. The van der Waals surface area contributed by atoms with Crippen molar-refractivity contribution in [3.8, 4) is 0 Å². The minimum atomic E-state index is -1.02. The van der Waals surface area contributed by atoms with Gasteiger partial charge in [0.25, 0.3) is 0 Å². The highest BCUT2D eigenvalue weighted by Gasteiger charge is 2.54. The first-order valence-electron chi connectivity index (χ1n) is 10.3. The van der Waals surface area contributed by atoms with Crippen LogP contribution in [-0.4, -0.2) is 74.2 Å². The predicted molar refractivity (Wildman–Crippen MR) is 106 cm³/mol. The van der Waals surface area contributed by atoms with Crippen LogP contribution in [0, 0.1) is 5.92 Å². The standard InChI is InChI=1S/C21H30N2O7/c1-14(2)17(22-20(26)27-3)18(24)23-13-21(29-9-10-30-21)11-16(23)19(25)28-12-15-7-5-4-6-8-15/h5,7-8,14,16-17H,4,6,9-13H2,1-3H3,(H,22,26)/t16-,17-/m0/s1. The Labute approximate surface area is 176 Å². The van der Waals surface area contributed by atoms with Crippen molar-refractivity contribution in [2.45, 2.75) is 51.0 Å². The zero-order valence-corrected chi connectivity index (χ0v) is 17.7. The Morgan fingerprint density at radius 3 is 2.60 bits per heavy atom. The molecule has 0 saturated carbocycles. The monoisotopic (exact) mass is 422 g/mol. The van der Waals surface area contributed by atoms with Gasteiger partial charge in [0, 0.05) is 6.42 Å². The molecule has 1 N–H and O–H groups in total. The molecule has 0 aromatic heterocycles. The first-order valence-corrected chi connectivity index (χ1v) is 10.3. The molecule has 30 heavy (non-hydrogen) atoms. The van der Waals surface area contributed by atoms with Crippen molar-refractivity contribution in [2.24, 2.45) is 5.92 Å². The highest BCUT2D eigenvalue weighted by molar-refractivity contribution is 5.90. The quantitative estimate of drug-likeness (QED) is 0.648. The first-order chi connectivity index (χ1) is 14.3. The molecule has 166 valence electrons. The average molecular weight is 422 g/mol. The zero-order chi connectivity index (χ0) is 21.7. The summed E-state index contributed by atoms with van der Waals surface area (Å²) in [6.45, 7) is 4.66. The number of alkyl carbamates (subject to hydrolysis) is 1. The van der Waals surface area contributed by atoms with E-state index in [4.69, 9.17) is 14.2 Å². The lowest BCUT2D eigenvalue weighted by molar-refractivity contribution is -0.153. The summed E-state index contributed by atoms with van der Waals surface area (Å²) in [5.74, 6) is -2.14. The predicted octanol–water partition coefficient (Wildman–Crippen LogP) is 1.53. The Bertz CT molecular complexity index is 725. The van der Waals surface area contributed by atoms with Crippen molar-refractivity contribution in [1.82, 2.24) is 10.2 Å². The fourth-order valence-corrected chi connectivity index (χ4v) is 3.89. The number of methoxy groups -OCH3 is 1. The number of amides is 2. The van der Waals surface area contributed by atoms with Gasteiger partial charge in [0.1, 0.15) is 18.7 Å². The molecule has 3 aliphatic rings. The van der Waals surface area contributed by atoms with Crippen LogP contribution in [0.4, 0.5) is 4.79 Å². The van der Waals surface area contributed by atoms with Gasteiger partial charge in [-0.15, -0.1) is 0 Å². The summed E-state index contributed by atoms with van der Waals surface area (Å²) >= 11 is 0. The lowest BCUT2D eigenvalue weighted by atomic mass is 10.0. The molecular formula is C21H30N2O7. The van der Waals surface area contributed by atoms with Gasteiger partial charge >= 0.3 is 12.1 Å². The third-order valence-electron chi connectivity index (χ3n) is 5.50. The van der Waals surface area contributed by atoms with Gasteiger partial charge in [0.05, 0.1) is 26.9 Å². The van der Waals surface area contributed by atoms with E-state index < -0.39 is 35.8 Å². The largest absolute Gasteiger partial charge is 0.459 e. The maximum Gasteiger partial charge on any atom is 0.407 e. The molecule has 1 aliphatic carbocycles. The number of allylic oxidation sites excluding steroid dienone is 2. The van der Waals surface area contributed by atoms with Crippen molar-refractivity contribution >= 4 is 18.0 Å².